The summed E-state index contributed by atoms with van der Waals surface area (Å²) in [7, 11) is 3.78. The molecule has 140 valence electrons. The van der Waals surface area contributed by atoms with Gasteiger partial charge < -0.3 is 15.3 Å². The van der Waals surface area contributed by atoms with Gasteiger partial charge in [0, 0.05) is 26.2 Å². The summed E-state index contributed by atoms with van der Waals surface area (Å²) in [5.74, 6) is -0.327. The van der Waals surface area contributed by atoms with Crippen molar-refractivity contribution >= 4 is 5.91 Å². The number of rotatable bonds is 7. The van der Waals surface area contributed by atoms with Crippen molar-refractivity contribution in [3.63, 3.8) is 0 Å². The van der Waals surface area contributed by atoms with Gasteiger partial charge in [-0.25, -0.2) is 4.39 Å². The summed E-state index contributed by atoms with van der Waals surface area (Å²) in [5, 5.41) is 13.2. The van der Waals surface area contributed by atoms with Gasteiger partial charge in [0.15, 0.2) is 0 Å². The quantitative estimate of drug-likeness (QED) is 0.781. The van der Waals surface area contributed by atoms with Crippen LogP contribution in [0.5, 0.6) is 0 Å². The highest BCUT2D eigenvalue weighted by Crippen LogP contribution is 2.19. The number of nitrogens with one attached hydrogen (secondary N) is 1. The average Bonchev–Trinajstić information content (AvgIpc) is 2.52. The normalized spacial score (nSPS) is 21.1. The van der Waals surface area contributed by atoms with E-state index in [1.807, 2.05) is 25.1 Å². The van der Waals surface area contributed by atoms with E-state index >= 15 is 0 Å². The molecule has 2 atom stereocenters. The molecule has 0 aliphatic carbocycles. The van der Waals surface area contributed by atoms with Crippen LogP contribution >= 0.6 is 0 Å². The summed E-state index contributed by atoms with van der Waals surface area (Å²) in [5.41, 5.74) is -0.0234. The zero-order chi connectivity index (χ0) is 18.4. The van der Waals surface area contributed by atoms with Gasteiger partial charge in [-0.05, 0) is 58.1 Å². The predicted octanol–water partition coefficient (Wildman–Crippen LogP) is 1.47. The molecule has 0 bridgehead atoms. The minimum absolute atomic E-state index is 0.0111. The second kappa shape index (κ2) is 8.74. The van der Waals surface area contributed by atoms with E-state index in [1.165, 1.54) is 6.07 Å². The molecule has 2 rings (SSSR count). The molecule has 1 aliphatic heterocycles. The molecule has 2 N–H and O–H groups in total. The van der Waals surface area contributed by atoms with Crippen molar-refractivity contribution < 1.29 is 14.3 Å². The molecule has 6 heteroatoms. The molecule has 0 unspecified atom stereocenters. The molecule has 25 heavy (non-hydrogen) atoms. The van der Waals surface area contributed by atoms with E-state index in [1.54, 1.807) is 19.1 Å². The molecule has 1 saturated heterocycles. The Hall–Kier alpha value is -1.50. The second-order valence-corrected chi connectivity index (χ2v) is 7.66. The number of likely N-dealkylation sites (tertiary alicyclic amines) is 1. The fourth-order valence-electron chi connectivity index (χ4n) is 3.47. The van der Waals surface area contributed by atoms with Crippen LogP contribution < -0.4 is 5.32 Å². The SMILES string of the molecule is CN(C)C[C@@](C)(O)CNC(=O)[C@H]1CCCN(Cc2cccc(F)c2)C1. The molecular weight excluding hydrogens is 321 g/mol. The van der Waals surface area contributed by atoms with E-state index in [2.05, 4.69) is 10.2 Å². The number of amides is 1. The predicted molar refractivity (Wildman–Crippen MR) is 96.6 cm³/mol. The van der Waals surface area contributed by atoms with E-state index in [-0.39, 0.29) is 24.2 Å². The fourth-order valence-corrected chi connectivity index (χ4v) is 3.47. The maximum atomic E-state index is 13.3. The lowest BCUT2D eigenvalue weighted by Gasteiger charge is -2.33. The topological polar surface area (TPSA) is 55.8 Å². The van der Waals surface area contributed by atoms with Gasteiger partial charge in [0.25, 0.3) is 0 Å². The number of carbonyl (C=O) groups is 1. The monoisotopic (exact) mass is 351 g/mol. The molecular formula is C19H30FN3O2. The molecule has 1 aliphatic rings. The molecule has 0 spiro atoms. The zero-order valence-electron chi connectivity index (χ0n) is 15.5. The summed E-state index contributed by atoms with van der Waals surface area (Å²) < 4.78 is 13.3. The van der Waals surface area contributed by atoms with Crippen molar-refractivity contribution in [1.29, 1.82) is 0 Å². The summed E-state index contributed by atoms with van der Waals surface area (Å²) >= 11 is 0. The highest BCUT2D eigenvalue weighted by molar-refractivity contribution is 5.79. The van der Waals surface area contributed by atoms with Gasteiger partial charge in [-0.3, -0.25) is 9.69 Å². The zero-order valence-corrected chi connectivity index (χ0v) is 15.5. The van der Waals surface area contributed by atoms with E-state index < -0.39 is 5.60 Å². The third kappa shape index (κ3) is 6.72. The van der Waals surface area contributed by atoms with Gasteiger partial charge in [-0.2, -0.15) is 0 Å². The molecule has 1 aromatic carbocycles. The highest BCUT2D eigenvalue weighted by atomic mass is 19.1. The number of hydrogen-bond donors (Lipinski definition) is 2. The Morgan fingerprint density at radius 3 is 2.92 bits per heavy atom. The first-order chi connectivity index (χ1) is 11.7. The molecule has 1 amide bonds. The van der Waals surface area contributed by atoms with Crippen molar-refractivity contribution in [2.45, 2.75) is 31.9 Å². The van der Waals surface area contributed by atoms with Crippen molar-refractivity contribution in [3.05, 3.63) is 35.6 Å². The molecule has 0 saturated carbocycles. The Balaban J connectivity index is 1.84. The summed E-state index contributed by atoms with van der Waals surface area (Å²) in [6.45, 7) is 4.69. The van der Waals surface area contributed by atoms with E-state index in [9.17, 15) is 14.3 Å². The van der Waals surface area contributed by atoms with E-state index in [0.717, 1.165) is 24.9 Å². The third-order valence-corrected chi connectivity index (χ3v) is 4.47. The summed E-state index contributed by atoms with van der Waals surface area (Å²) in [4.78, 5) is 16.6. The molecule has 0 aromatic heterocycles. The van der Waals surface area contributed by atoms with Crippen molar-refractivity contribution in [1.82, 2.24) is 15.1 Å². The molecule has 5 nitrogen and oxygen atoms in total. The number of halogens is 1. The highest BCUT2D eigenvalue weighted by Gasteiger charge is 2.28. The van der Waals surface area contributed by atoms with Crippen molar-refractivity contribution in [2.24, 2.45) is 5.92 Å². The first kappa shape index (κ1) is 19.8. The Kier molecular flexibility index (Phi) is 6.93. The largest absolute Gasteiger partial charge is 0.387 e. The molecule has 1 fully saturated rings. The lowest BCUT2D eigenvalue weighted by Crippen LogP contribution is -2.50. The van der Waals surface area contributed by atoms with Crippen LogP contribution in [0.3, 0.4) is 0 Å². The Morgan fingerprint density at radius 1 is 1.48 bits per heavy atom. The Labute approximate surface area is 149 Å². The molecule has 1 aromatic rings. The molecule has 0 radical (unpaired) electrons. The summed E-state index contributed by atoms with van der Waals surface area (Å²) in [6, 6.07) is 6.61. The van der Waals surface area contributed by atoms with Crippen molar-refractivity contribution in [3.8, 4) is 0 Å². The number of carbonyl (C=O) groups excluding carboxylic acids is 1. The number of aliphatic hydroxyl groups is 1. The first-order valence-electron chi connectivity index (χ1n) is 8.87. The standard InChI is InChI=1S/C19H30FN3O2/c1-19(25,14-22(2)3)13-21-18(24)16-7-5-9-23(12-16)11-15-6-4-8-17(20)10-15/h4,6,8,10,16,25H,5,7,9,11-14H2,1-3H3,(H,21,24)/t16-,19-/m0/s1. The van der Waals surface area contributed by atoms with Crippen LogP contribution in [0, 0.1) is 11.7 Å². The van der Waals surface area contributed by atoms with E-state index in [4.69, 9.17) is 0 Å². The number of benzene rings is 1. The van der Waals surface area contributed by atoms with Gasteiger partial charge in [0.2, 0.25) is 5.91 Å². The average molecular weight is 351 g/mol. The Morgan fingerprint density at radius 2 is 2.24 bits per heavy atom. The molecule has 1 heterocycles. The van der Waals surface area contributed by atoms with Crippen LogP contribution in [0.2, 0.25) is 0 Å². The minimum atomic E-state index is -0.949. The van der Waals surface area contributed by atoms with Gasteiger partial charge in [-0.1, -0.05) is 12.1 Å². The van der Waals surface area contributed by atoms with Crippen molar-refractivity contribution in [2.75, 3.05) is 40.3 Å². The van der Waals surface area contributed by atoms with Crippen LogP contribution in [0.4, 0.5) is 4.39 Å². The first-order valence-corrected chi connectivity index (χ1v) is 8.87. The Bertz CT molecular complexity index is 578. The maximum absolute atomic E-state index is 13.3. The van der Waals surface area contributed by atoms with Gasteiger partial charge in [0.1, 0.15) is 5.82 Å². The number of hydrogen-bond acceptors (Lipinski definition) is 4. The summed E-state index contributed by atoms with van der Waals surface area (Å²) in [6.07, 6.45) is 1.79. The van der Waals surface area contributed by atoms with Crippen LogP contribution in [0.25, 0.3) is 0 Å². The number of nitrogens with zero attached hydrogens (tertiary/aromatic N) is 2. The van der Waals surface area contributed by atoms with Gasteiger partial charge in [0.05, 0.1) is 11.5 Å². The van der Waals surface area contributed by atoms with Gasteiger partial charge >= 0.3 is 0 Å². The van der Waals surface area contributed by atoms with Crippen LogP contribution in [0.15, 0.2) is 24.3 Å². The second-order valence-electron chi connectivity index (χ2n) is 7.66. The smallest absolute Gasteiger partial charge is 0.224 e. The minimum Gasteiger partial charge on any atom is -0.387 e. The maximum Gasteiger partial charge on any atom is 0.224 e. The van der Waals surface area contributed by atoms with Crippen LogP contribution in [-0.4, -0.2) is 66.7 Å². The lowest BCUT2D eigenvalue weighted by molar-refractivity contribution is -0.128. The van der Waals surface area contributed by atoms with E-state index in [0.29, 0.717) is 19.6 Å². The number of likely N-dealkylation sites (N-methyl/N-ethyl adjacent to an activating group) is 1. The van der Waals surface area contributed by atoms with Crippen LogP contribution in [0.1, 0.15) is 25.3 Å². The number of piperidine rings is 1. The fraction of sp³-hybridized carbons (Fsp3) is 0.632. The third-order valence-electron chi connectivity index (χ3n) is 4.47. The van der Waals surface area contributed by atoms with Crippen LogP contribution in [-0.2, 0) is 11.3 Å². The van der Waals surface area contributed by atoms with Gasteiger partial charge in [-0.15, -0.1) is 0 Å². The lowest BCUT2D eigenvalue weighted by atomic mass is 9.96.